The number of benzene rings is 1. The number of sulfonamides is 1. The Bertz CT molecular complexity index is 566. The van der Waals surface area contributed by atoms with Crippen LogP contribution in [0.3, 0.4) is 0 Å². The fraction of sp³-hybridized carbons (Fsp3) is 0.500. The van der Waals surface area contributed by atoms with E-state index in [4.69, 9.17) is 5.14 Å². The molecule has 21 heavy (non-hydrogen) atoms. The summed E-state index contributed by atoms with van der Waals surface area (Å²) in [6, 6.07) is 5.60. The Morgan fingerprint density at radius 3 is 2.10 bits per heavy atom. The molecule has 0 bridgehead atoms. The first kappa shape index (κ1) is 17.6. The van der Waals surface area contributed by atoms with E-state index in [9.17, 15) is 13.2 Å². The number of nitrogens with one attached hydrogen (secondary N) is 1. The molecule has 0 aliphatic carbocycles. The number of nitrogens with two attached hydrogens (primary N) is 1. The molecule has 6 nitrogen and oxygen atoms in total. The second-order valence-electron chi connectivity index (χ2n) is 4.69. The minimum Gasteiger partial charge on any atom is -0.337 e. The number of hydrogen-bond acceptors (Lipinski definition) is 4. The van der Waals surface area contributed by atoms with E-state index in [1.165, 1.54) is 24.3 Å². The van der Waals surface area contributed by atoms with E-state index in [1.54, 1.807) is 0 Å². The lowest BCUT2D eigenvalue weighted by Crippen LogP contribution is -2.47. The van der Waals surface area contributed by atoms with Crippen LogP contribution in [0.4, 0.5) is 0 Å². The maximum atomic E-state index is 12.2. The monoisotopic (exact) mass is 313 g/mol. The molecule has 0 spiro atoms. The number of primary sulfonamides is 1. The van der Waals surface area contributed by atoms with Crippen LogP contribution in [0.5, 0.6) is 0 Å². The standard InChI is InChI=1S/C14H23N3O3S/c1-4-13(17(5-2)6-3)16-14(18)11-7-9-12(10-8-11)21(15,19)20/h7-10,13H,4-6H2,1-3H3,(H,16,18)(H2,15,19,20). The molecule has 0 aromatic heterocycles. The number of amides is 1. The summed E-state index contributed by atoms with van der Waals surface area (Å²) in [7, 11) is -3.73. The van der Waals surface area contributed by atoms with Crippen molar-refractivity contribution in [2.75, 3.05) is 13.1 Å². The van der Waals surface area contributed by atoms with Crippen LogP contribution in [0, 0.1) is 0 Å². The fourth-order valence-electron chi connectivity index (χ4n) is 2.15. The van der Waals surface area contributed by atoms with Gasteiger partial charge in [0.1, 0.15) is 0 Å². The molecule has 0 aliphatic rings. The molecule has 0 radical (unpaired) electrons. The molecule has 3 N–H and O–H groups in total. The molecule has 0 aliphatic heterocycles. The Hall–Kier alpha value is -1.44. The predicted octanol–water partition coefficient (Wildman–Crippen LogP) is 1.14. The number of rotatable bonds is 7. The predicted molar refractivity (Wildman–Crippen MR) is 82.3 cm³/mol. The van der Waals surface area contributed by atoms with Crippen molar-refractivity contribution in [1.29, 1.82) is 0 Å². The summed E-state index contributed by atoms with van der Waals surface area (Å²) < 4.78 is 22.4. The van der Waals surface area contributed by atoms with Gasteiger partial charge in [0.15, 0.2) is 0 Å². The Morgan fingerprint density at radius 2 is 1.71 bits per heavy atom. The zero-order chi connectivity index (χ0) is 16.0. The first-order valence-electron chi connectivity index (χ1n) is 7.01. The van der Waals surface area contributed by atoms with Gasteiger partial charge in [-0.05, 0) is 43.8 Å². The topological polar surface area (TPSA) is 92.5 Å². The minimum atomic E-state index is -3.73. The molecule has 1 rings (SSSR count). The van der Waals surface area contributed by atoms with E-state index in [0.29, 0.717) is 5.56 Å². The Kier molecular flexibility index (Phi) is 6.32. The van der Waals surface area contributed by atoms with Crippen molar-refractivity contribution in [2.45, 2.75) is 38.3 Å². The van der Waals surface area contributed by atoms with Gasteiger partial charge >= 0.3 is 0 Å². The molecule has 1 aromatic carbocycles. The first-order chi connectivity index (χ1) is 9.83. The van der Waals surface area contributed by atoms with Crippen LogP contribution in [-0.2, 0) is 10.0 Å². The molecule has 1 aromatic rings. The fourth-order valence-corrected chi connectivity index (χ4v) is 2.66. The van der Waals surface area contributed by atoms with Gasteiger partial charge in [-0.2, -0.15) is 0 Å². The van der Waals surface area contributed by atoms with Crippen LogP contribution in [0.2, 0.25) is 0 Å². The summed E-state index contributed by atoms with van der Waals surface area (Å²) in [6.07, 6.45) is 0.758. The molecule has 1 atom stereocenters. The summed E-state index contributed by atoms with van der Waals surface area (Å²) in [5.41, 5.74) is 0.410. The van der Waals surface area contributed by atoms with E-state index in [-0.39, 0.29) is 17.0 Å². The largest absolute Gasteiger partial charge is 0.337 e. The molecular weight excluding hydrogens is 290 g/mol. The summed E-state index contributed by atoms with van der Waals surface area (Å²) in [6.45, 7) is 7.78. The molecule has 1 amide bonds. The van der Waals surface area contributed by atoms with Gasteiger partial charge in [0.2, 0.25) is 10.0 Å². The second-order valence-corrected chi connectivity index (χ2v) is 6.25. The Morgan fingerprint density at radius 1 is 1.19 bits per heavy atom. The zero-order valence-electron chi connectivity index (χ0n) is 12.7. The Balaban J connectivity index is 2.84. The van der Waals surface area contributed by atoms with Crippen molar-refractivity contribution in [2.24, 2.45) is 5.14 Å². The molecule has 0 saturated heterocycles. The van der Waals surface area contributed by atoms with Gasteiger partial charge in [0.25, 0.3) is 5.91 Å². The van der Waals surface area contributed by atoms with Crippen molar-refractivity contribution in [3.63, 3.8) is 0 Å². The maximum absolute atomic E-state index is 12.2. The molecule has 118 valence electrons. The van der Waals surface area contributed by atoms with Crippen LogP contribution >= 0.6 is 0 Å². The lowest BCUT2D eigenvalue weighted by molar-refractivity contribution is 0.0854. The number of carbonyl (C=O) groups is 1. The molecule has 0 heterocycles. The van der Waals surface area contributed by atoms with Crippen LogP contribution < -0.4 is 10.5 Å². The first-order valence-corrected chi connectivity index (χ1v) is 8.55. The summed E-state index contributed by atoms with van der Waals surface area (Å²) in [5, 5.41) is 7.98. The number of nitrogens with zero attached hydrogens (tertiary/aromatic N) is 1. The quantitative estimate of drug-likeness (QED) is 0.738. The van der Waals surface area contributed by atoms with Gasteiger partial charge in [-0.3, -0.25) is 9.69 Å². The Labute approximate surface area is 126 Å². The lowest BCUT2D eigenvalue weighted by Gasteiger charge is -2.29. The average Bonchev–Trinajstić information content (AvgIpc) is 2.46. The zero-order valence-corrected chi connectivity index (χ0v) is 13.5. The summed E-state index contributed by atoms with van der Waals surface area (Å²) >= 11 is 0. The molecule has 7 heteroatoms. The van der Waals surface area contributed by atoms with Crippen molar-refractivity contribution in [1.82, 2.24) is 10.2 Å². The van der Waals surface area contributed by atoms with Crippen molar-refractivity contribution in [3.05, 3.63) is 29.8 Å². The van der Waals surface area contributed by atoms with E-state index >= 15 is 0 Å². The molecule has 1 unspecified atom stereocenters. The normalized spacial score (nSPS) is 13.2. The third kappa shape index (κ3) is 4.80. The van der Waals surface area contributed by atoms with Crippen LogP contribution in [0.25, 0.3) is 0 Å². The minimum absolute atomic E-state index is 0.00478. The highest BCUT2D eigenvalue weighted by Crippen LogP contribution is 2.10. The van der Waals surface area contributed by atoms with Crippen molar-refractivity contribution in [3.8, 4) is 0 Å². The SMILES string of the molecule is CCC(NC(=O)c1ccc(S(N)(=O)=O)cc1)N(CC)CC. The molecule has 0 fully saturated rings. The van der Waals surface area contributed by atoms with Gasteiger partial charge in [-0.25, -0.2) is 13.6 Å². The van der Waals surface area contributed by atoms with Crippen molar-refractivity contribution >= 4 is 15.9 Å². The van der Waals surface area contributed by atoms with Crippen molar-refractivity contribution < 1.29 is 13.2 Å². The summed E-state index contributed by atoms with van der Waals surface area (Å²) in [5.74, 6) is -0.227. The van der Waals surface area contributed by atoms with Gasteiger partial charge in [0, 0.05) is 5.56 Å². The van der Waals surface area contributed by atoms with Crippen LogP contribution in [0.15, 0.2) is 29.2 Å². The molecule has 0 saturated carbocycles. The van der Waals surface area contributed by atoms with Crippen LogP contribution in [-0.4, -0.2) is 38.5 Å². The smallest absolute Gasteiger partial charge is 0.252 e. The average molecular weight is 313 g/mol. The van der Waals surface area contributed by atoms with E-state index < -0.39 is 10.0 Å². The van der Waals surface area contributed by atoms with Gasteiger partial charge in [-0.15, -0.1) is 0 Å². The van der Waals surface area contributed by atoms with E-state index in [0.717, 1.165) is 19.5 Å². The number of hydrogen-bond donors (Lipinski definition) is 2. The highest BCUT2D eigenvalue weighted by atomic mass is 32.2. The molecular formula is C14H23N3O3S. The van der Waals surface area contributed by atoms with E-state index in [1.807, 2.05) is 20.8 Å². The maximum Gasteiger partial charge on any atom is 0.252 e. The highest BCUT2D eigenvalue weighted by molar-refractivity contribution is 7.89. The second kappa shape index (κ2) is 7.53. The van der Waals surface area contributed by atoms with E-state index in [2.05, 4.69) is 10.2 Å². The third-order valence-corrected chi connectivity index (χ3v) is 4.31. The lowest BCUT2D eigenvalue weighted by atomic mass is 10.2. The van der Waals surface area contributed by atoms with Gasteiger partial charge in [-0.1, -0.05) is 20.8 Å². The van der Waals surface area contributed by atoms with Gasteiger partial charge < -0.3 is 5.32 Å². The summed E-state index contributed by atoms with van der Waals surface area (Å²) in [4.78, 5) is 14.3. The number of carbonyl (C=O) groups excluding carboxylic acids is 1. The third-order valence-electron chi connectivity index (χ3n) is 3.38. The highest BCUT2D eigenvalue weighted by Gasteiger charge is 2.17. The van der Waals surface area contributed by atoms with Crippen LogP contribution in [0.1, 0.15) is 37.6 Å². The van der Waals surface area contributed by atoms with Gasteiger partial charge in [0.05, 0.1) is 11.1 Å².